The molecule has 0 atom stereocenters. The van der Waals surface area contributed by atoms with E-state index < -0.39 is 5.56 Å². The highest BCUT2D eigenvalue weighted by Gasteiger charge is 2.29. The van der Waals surface area contributed by atoms with Crippen LogP contribution >= 0.6 is 12.2 Å². The first-order chi connectivity index (χ1) is 7.68. The van der Waals surface area contributed by atoms with E-state index in [-0.39, 0.29) is 16.1 Å². The molecule has 2 aromatic rings. The van der Waals surface area contributed by atoms with Crippen LogP contribution in [0.3, 0.4) is 0 Å². The van der Waals surface area contributed by atoms with E-state index in [1.54, 1.807) is 18.2 Å². The van der Waals surface area contributed by atoms with Gasteiger partial charge in [-0.1, -0.05) is 24.3 Å². The third-order valence-corrected chi connectivity index (χ3v) is 2.81. The van der Waals surface area contributed by atoms with E-state index in [9.17, 15) is 9.59 Å². The van der Waals surface area contributed by atoms with Crippen LogP contribution in [0.4, 0.5) is 0 Å². The number of H-pyrrole nitrogens is 2. The number of benzene rings is 1. The van der Waals surface area contributed by atoms with Crippen molar-refractivity contribution < 1.29 is 4.79 Å². The first kappa shape index (κ1) is 9.23. The van der Waals surface area contributed by atoms with Gasteiger partial charge in [-0.2, -0.15) is 0 Å². The Hall–Kier alpha value is -2.01. The summed E-state index contributed by atoms with van der Waals surface area (Å²) in [5, 5.41) is 0. The third kappa shape index (κ3) is 1.06. The molecular formula is C11H6N2O2S. The molecule has 0 radical (unpaired) electrons. The second-order valence-corrected chi connectivity index (χ2v) is 3.94. The molecule has 78 valence electrons. The van der Waals surface area contributed by atoms with E-state index in [0.29, 0.717) is 11.3 Å². The molecule has 0 spiro atoms. The van der Waals surface area contributed by atoms with Crippen molar-refractivity contribution in [3.63, 3.8) is 0 Å². The molecule has 0 amide bonds. The van der Waals surface area contributed by atoms with Crippen LogP contribution in [0.15, 0.2) is 29.1 Å². The largest absolute Gasteiger partial charge is 0.331 e. The maximum Gasteiger partial charge on any atom is 0.263 e. The minimum atomic E-state index is -0.431. The van der Waals surface area contributed by atoms with Crippen molar-refractivity contribution in [3.8, 4) is 11.3 Å². The molecular weight excluding hydrogens is 224 g/mol. The molecule has 0 bridgehead atoms. The first-order valence-corrected chi connectivity index (χ1v) is 5.10. The van der Waals surface area contributed by atoms with Gasteiger partial charge in [0, 0.05) is 11.1 Å². The Morgan fingerprint density at radius 2 is 1.69 bits per heavy atom. The van der Waals surface area contributed by atoms with Crippen LogP contribution in [0.1, 0.15) is 15.9 Å². The fourth-order valence-corrected chi connectivity index (χ4v) is 2.13. The summed E-state index contributed by atoms with van der Waals surface area (Å²) in [6, 6.07) is 7.09. The SMILES string of the molecule is O=C1c2ccccc2-c2[nH]c(=S)[nH]c(=O)c21. The Morgan fingerprint density at radius 3 is 2.44 bits per heavy atom. The predicted octanol–water partition coefficient (Wildman–Crippen LogP) is 1.64. The zero-order valence-corrected chi connectivity index (χ0v) is 8.85. The quantitative estimate of drug-likeness (QED) is 0.577. The number of aromatic amines is 2. The van der Waals surface area contributed by atoms with Gasteiger partial charge in [0.2, 0.25) is 5.78 Å². The molecule has 1 heterocycles. The lowest BCUT2D eigenvalue weighted by Crippen LogP contribution is -2.17. The summed E-state index contributed by atoms with van der Waals surface area (Å²) in [5.41, 5.74) is 1.52. The van der Waals surface area contributed by atoms with Crippen LogP contribution in [0.2, 0.25) is 0 Å². The molecule has 4 nitrogen and oxygen atoms in total. The molecule has 0 unspecified atom stereocenters. The highest BCUT2D eigenvalue weighted by atomic mass is 32.1. The maximum absolute atomic E-state index is 11.9. The summed E-state index contributed by atoms with van der Waals surface area (Å²) >= 11 is 4.89. The predicted molar refractivity (Wildman–Crippen MR) is 61.1 cm³/mol. The van der Waals surface area contributed by atoms with Crippen LogP contribution in [0.5, 0.6) is 0 Å². The Labute approximate surface area is 95.0 Å². The minimum Gasteiger partial charge on any atom is -0.331 e. The Balaban J connectivity index is 2.52. The van der Waals surface area contributed by atoms with Crippen LogP contribution in [-0.2, 0) is 0 Å². The maximum atomic E-state index is 11.9. The van der Waals surface area contributed by atoms with E-state index in [4.69, 9.17) is 12.2 Å². The topological polar surface area (TPSA) is 65.7 Å². The normalized spacial score (nSPS) is 12.4. The van der Waals surface area contributed by atoms with Crippen molar-refractivity contribution >= 4 is 18.0 Å². The van der Waals surface area contributed by atoms with Gasteiger partial charge in [-0.25, -0.2) is 0 Å². The highest BCUT2D eigenvalue weighted by Crippen LogP contribution is 2.32. The number of ketones is 1. The molecule has 0 aliphatic heterocycles. The molecule has 1 aromatic heterocycles. The van der Waals surface area contributed by atoms with E-state index >= 15 is 0 Å². The van der Waals surface area contributed by atoms with Gasteiger partial charge in [-0.3, -0.25) is 14.6 Å². The molecule has 2 N–H and O–H groups in total. The van der Waals surface area contributed by atoms with Crippen molar-refractivity contribution in [2.24, 2.45) is 0 Å². The zero-order chi connectivity index (χ0) is 11.3. The van der Waals surface area contributed by atoms with Gasteiger partial charge >= 0.3 is 0 Å². The molecule has 1 aliphatic rings. The number of hydrogen-bond donors (Lipinski definition) is 2. The summed E-state index contributed by atoms with van der Waals surface area (Å²) in [6.07, 6.45) is 0. The Morgan fingerprint density at radius 1 is 1.00 bits per heavy atom. The van der Waals surface area contributed by atoms with Gasteiger partial charge in [0.15, 0.2) is 4.77 Å². The minimum absolute atomic E-state index is 0.148. The zero-order valence-electron chi connectivity index (χ0n) is 8.03. The van der Waals surface area contributed by atoms with Crippen LogP contribution < -0.4 is 5.56 Å². The van der Waals surface area contributed by atoms with E-state index in [0.717, 1.165) is 5.56 Å². The number of fused-ring (bicyclic) bond motifs is 3. The smallest absolute Gasteiger partial charge is 0.263 e. The van der Waals surface area contributed by atoms with E-state index in [2.05, 4.69) is 9.97 Å². The molecule has 5 heteroatoms. The fourth-order valence-electron chi connectivity index (χ4n) is 1.94. The summed E-state index contributed by atoms with van der Waals surface area (Å²) in [4.78, 5) is 28.9. The van der Waals surface area contributed by atoms with Gasteiger partial charge in [0.25, 0.3) is 5.56 Å². The summed E-state index contributed by atoms with van der Waals surface area (Å²) < 4.78 is 0.230. The lowest BCUT2D eigenvalue weighted by Gasteiger charge is -1.97. The van der Waals surface area contributed by atoms with E-state index in [1.165, 1.54) is 0 Å². The summed E-state index contributed by atoms with van der Waals surface area (Å²) in [5.74, 6) is -0.252. The molecule has 1 aliphatic carbocycles. The van der Waals surface area contributed by atoms with Crippen LogP contribution in [0, 0.1) is 4.77 Å². The Kier molecular flexibility index (Phi) is 1.73. The monoisotopic (exact) mass is 230 g/mol. The van der Waals surface area contributed by atoms with Crippen molar-refractivity contribution in [2.45, 2.75) is 0 Å². The van der Waals surface area contributed by atoms with E-state index in [1.807, 2.05) is 6.07 Å². The first-order valence-electron chi connectivity index (χ1n) is 4.69. The average Bonchev–Trinajstić information content (AvgIpc) is 2.54. The number of nitrogens with one attached hydrogen (secondary N) is 2. The van der Waals surface area contributed by atoms with Crippen LogP contribution in [0.25, 0.3) is 11.3 Å². The number of aromatic nitrogens is 2. The second kappa shape index (κ2) is 2.99. The van der Waals surface area contributed by atoms with Gasteiger partial charge in [0.05, 0.1) is 5.69 Å². The molecule has 1 aromatic carbocycles. The van der Waals surface area contributed by atoms with Crippen molar-refractivity contribution in [1.82, 2.24) is 9.97 Å². The molecule has 0 saturated heterocycles. The van der Waals surface area contributed by atoms with Crippen molar-refractivity contribution in [1.29, 1.82) is 0 Å². The lowest BCUT2D eigenvalue weighted by atomic mass is 10.1. The summed E-state index contributed by atoms with van der Waals surface area (Å²) in [7, 11) is 0. The van der Waals surface area contributed by atoms with Crippen molar-refractivity contribution in [2.75, 3.05) is 0 Å². The number of carbonyl (C=O) groups excluding carboxylic acids is 1. The standard InChI is InChI=1S/C11H6N2O2S/c14-9-6-4-2-1-3-5(6)8-7(9)10(15)13-11(16)12-8/h1-4H,(H2,12,13,15,16). The average molecular weight is 230 g/mol. The molecule has 16 heavy (non-hydrogen) atoms. The number of hydrogen-bond acceptors (Lipinski definition) is 3. The lowest BCUT2D eigenvalue weighted by molar-refractivity contribution is 0.104. The van der Waals surface area contributed by atoms with Crippen LogP contribution in [-0.4, -0.2) is 15.8 Å². The highest BCUT2D eigenvalue weighted by molar-refractivity contribution is 7.71. The fraction of sp³-hybridized carbons (Fsp3) is 0. The van der Waals surface area contributed by atoms with Gasteiger partial charge in [-0.05, 0) is 12.2 Å². The molecule has 3 rings (SSSR count). The molecule has 0 fully saturated rings. The van der Waals surface area contributed by atoms with Gasteiger partial charge in [-0.15, -0.1) is 0 Å². The molecule has 0 saturated carbocycles. The van der Waals surface area contributed by atoms with Gasteiger partial charge < -0.3 is 4.98 Å². The Bertz CT molecular complexity index is 727. The second-order valence-electron chi connectivity index (χ2n) is 3.53. The summed E-state index contributed by atoms with van der Waals surface area (Å²) in [6.45, 7) is 0. The third-order valence-electron chi connectivity index (χ3n) is 2.61. The number of carbonyl (C=O) groups is 1. The number of rotatable bonds is 0. The van der Waals surface area contributed by atoms with Gasteiger partial charge in [0.1, 0.15) is 5.56 Å². The van der Waals surface area contributed by atoms with Crippen molar-refractivity contribution in [3.05, 3.63) is 50.5 Å².